The molecule has 1 saturated carbocycles. The second-order valence-corrected chi connectivity index (χ2v) is 4.89. The van der Waals surface area contributed by atoms with Crippen LogP contribution in [-0.4, -0.2) is 79.6 Å². The third-order valence-electron chi connectivity index (χ3n) is 3.47. The van der Waals surface area contributed by atoms with Crippen molar-refractivity contribution in [1.82, 2.24) is 0 Å². The summed E-state index contributed by atoms with van der Waals surface area (Å²) in [6, 6.07) is 0. The van der Waals surface area contributed by atoms with Gasteiger partial charge in [0, 0.05) is 12.8 Å². The Morgan fingerprint density at radius 2 is 1.74 bits per heavy atom. The molecule has 3 fully saturated rings. The van der Waals surface area contributed by atoms with Crippen molar-refractivity contribution in [3.63, 3.8) is 0 Å². The highest BCUT2D eigenvalue weighted by Crippen LogP contribution is 2.58. The number of aliphatic hydroxyl groups is 6. The SMILES string of the molecule is OC[C@H]1O[C@H](O)C[C@@H]1O.O[C@@H]1C[C@@]2(O)[C@H](O1)C2(O)F. The van der Waals surface area contributed by atoms with E-state index in [4.69, 9.17) is 30.6 Å². The van der Waals surface area contributed by atoms with Gasteiger partial charge in [0.25, 0.3) is 5.85 Å². The van der Waals surface area contributed by atoms with Crippen LogP contribution in [0.15, 0.2) is 0 Å². The van der Waals surface area contributed by atoms with Crippen LogP contribution in [0.3, 0.4) is 0 Å². The second-order valence-electron chi connectivity index (χ2n) is 4.89. The van der Waals surface area contributed by atoms with Crippen molar-refractivity contribution in [2.45, 2.75) is 55.2 Å². The highest BCUT2D eigenvalue weighted by Gasteiger charge is 2.84. The molecule has 19 heavy (non-hydrogen) atoms. The molecule has 1 aliphatic carbocycles. The van der Waals surface area contributed by atoms with Crippen molar-refractivity contribution in [2.24, 2.45) is 0 Å². The summed E-state index contributed by atoms with van der Waals surface area (Å²) in [6.45, 7) is -0.238. The van der Waals surface area contributed by atoms with E-state index in [1.165, 1.54) is 0 Å². The molecule has 0 radical (unpaired) electrons. The van der Waals surface area contributed by atoms with Crippen molar-refractivity contribution in [1.29, 1.82) is 0 Å². The maximum absolute atomic E-state index is 12.5. The lowest BCUT2D eigenvalue weighted by molar-refractivity contribution is -0.164. The predicted molar refractivity (Wildman–Crippen MR) is 55.1 cm³/mol. The molecule has 3 rings (SSSR count). The zero-order valence-electron chi connectivity index (χ0n) is 9.89. The Morgan fingerprint density at radius 1 is 1.11 bits per heavy atom. The summed E-state index contributed by atoms with van der Waals surface area (Å²) in [5, 5.41) is 52.4. The quantitative estimate of drug-likeness (QED) is 0.298. The molecule has 0 bridgehead atoms. The van der Waals surface area contributed by atoms with Crippen molar-refractivity contribution < 1.29 is 44.5 Å². The Morgan fingerprint density at radius 3 is 2.00 bits per heavy atom. The Kier molecular flexibility index (Phi) is 3.84. The van der Waals surface area contributed by atoms with Crippen molar-refractivity contribution in [3.05, 3.63) is 0 Å². The minimum Gasteiger partial charge on any atom is -0.394 e. The summed E-state index contributed by atoms with van der Waals surface area (Å²) in [6.07, 6.45) is -4.68. The van der Waals surface area contributed by atoms with Gasteiger partial charge < -0.3 is 40.1 Å². The van der Waals surface area contributed by atoms with Crippen molar-refractivity contribution >= 4 is 0 Å². The number of rotatable bonds is 1. The van der Waals surface area contributed by atoms with E-state index in [0.29, 0.717) is 0 Å². The van der Waals surface area contributed by atoms with Gasteiger partial charge in [0.2, 0.25) is 0 Å². The molecular formula is C10H17FO8. The van der Waals surface area contributed by atoms with E-state index < -0.39 is 42.3 Å². The van der Waals surface area contributed by atoms with Gasteiger partial charge in [-0.1, -0.05) is 0 Å². The van der Waals surface area contributed by atoms with E-state index in [1.807, 2.05) is 0 Å². The van der Waals surface area contributed by atoms with Gasteiger partial charge in [-0.15, -0.1) is 0 Å². The predicted octanol–water partition coefficient (Wildman–Crippen LogP) is -3.06. The number of hydrogen-bond donors (Lipinski definition) is 6. The molecular weight excluding hydrogens is 267 g/mol. The van der Waals surface area contributed by atoms with Gasteiger partial charge >= 0.3 is 0 Å². The molecule has 9 heteroatoms. The van der Waals surface area contributed by atoms with E-state index in [-0.39, 0.29) is 19.4 Å². The first kappa shape index (κ1) is 15.0. The summed E-state index contributed by atoms with van der Waals surface area (Å²) in [7, 11) is 0. The molecule has 8 nitrogen and oxygen atoms in total. The van der Waals surface area contributed by atoms with Gasteiger partial charge in [-0.25, -0.2) is 4.39 Å². The number of fused-ring (bicyclic) bond motifs is 1. The molecule has 3 aliphatic rings. The number of hydrogen-bond acceptors (Lipinski definition) is 8. The minimum absolute atomic E-state index is 0.200. The Hall–Kier alpha value is -0.390. The molecule has 2 saturated heterocycles. The van der Waals surface area contributed by atoms with Crippen LogP contribution >= 0.6 is 0 Å². The summed E-state index contributed by atoms with van der Waals surface area (Å²) in [5.74, 6) is -2.65. The molecule has 0 spiro atoms. The lowest BCUT2D eigenvalue weighted by Gasteiger charge is -2.10. The number of halogens is 1. The molecule has 0 aromatic heterocycles. The fourth-order valence-electron chi connectivity index (χ4n) is 2.23. The first-order valence-electron chi connectivity index (χ1n) is 5.82. The molecule has 112 valence electrons. The number of alkyl halides is 1. The normalized spacial score (nSPS) is 55.4. The maximum atomic E-state index is 12.5. The van der Waals surface area contributed by atoms with E-state index in [2.05, 4.69) is 9.47 Å². The molecule has 0 amide bonds. The van der Waals surface area contributed by atoms with Crippen LogP contribution in [0.4, 0.5) is 4.39 Å². The van der Waals surface area contributed by atoms with E-state index in [1.54, 1.807) is 0 Å². The maximum Gasteiger partial charge on any atom is 0.268 e. The molecule has 6 N–H and O–H groups in total. The highest BCUT2D eigenvalue weighted by molar-refractivity contribution is 5.25. The smallest absolute Gasteiger partial charge is 0.268 e. The lowest BCUT2D eigenvalue weighted by atomic mass is 10.2. The van der Waals surface area contributed by atoms with Gasteiger partial charge in [-0.05, 0) is 0 Å². The van der Waals surface area contributed by atoms with Crippen LogP contribution in [0.2, 0.25) is 0 Å². The van der Waals surface area contributed by atoms with E-state index >= 15 is 0 Å². The second kappa shape index (κ2) is 4.86. The summed E-state index contributed by atoms with van der Waals surface area (Å²) < 4.78 is 21.6. The molecule has 0 aromatic carbocycles. The van der Waals surface area contributed by atoms with E-state index in [0.717, 1.165) is 0 Å². The van der Waals surface area contributed by atoms with Crippen molar-refractivity contribution in [3.8, 4) is 0 Å². The van der Waals surface area contributed by atoms with Crippen LogP contribution in [0.1, 0.15) is 12.8 Å². The Labute approximate surface area is 107 Å². The average Bonchev–Trinajstić information content (AvgIpc) is 2.65. The van der Waals surface area contributed by atoms with Gasteiger partial charge in [0.05, 0.1) is 12.7 Å². The van der Waals surface area contributed by atoms with Gasteiger partial charge in [-0.3, -0.25) is 0 Å². The largest absolute Gasteiger partial charge is 0.394 e. The fraction of sp³-hybridized carbons (Fsp3) is 1.00. The summed E-state index contributed by atoms with van der Waals surface area (Å²) in [5.41, 5.74) is -1.85. The topological polar surface area (TPSA) is 140 Å². The minimum atomic E-state index is -2.65. The van der Waals surface area contributed by atoms with Gasteiger partial charge in [0.15, 0.2) is 24.3 Å². The van der Waals surface area contributed by atoms with Gasteiger partial charge in [0.1, 0.15) is 6.10 Å². The third-order valence-corrected chi connectivity index (χ3v) is 3.47. The van der Waals surface area contributed by atoms with Crippen molar-refractivity contribution in [2.75, 3.05) is 6.61 Å². The van der Waals surface area contributed by atoms with Crippen LogP contribution in [-0.2, 0) is 9.47 Å². The third kappa shape index (κ3) is 2.48. The van der Waals surface area contributed by atoms with E-state index in [9.17, 15) is 4.39 Å². The standard InChI is InChI=1S/C5H7FO4.C5H10O4/c6-5(9)3-4(5,8)1-2(7)10-3;6-2-4-3(7)1-5(8)9-4/h2-3,7-9H,1H2;3-8H,1-2H2/t2-,3-,4+,5?;3-,4+,5-/m00/s1. The van der Waals surface area contributed by atoms with Crippen LogP contribution in [0.5, 0.6) is 0 Å². The zero-order valence-corrected chi connectivity index (χ0v) is 9.89. The average molecular weight is 284 g/mol. The Balaban J connectivity index is 0.000000141. The summed E-state index contributed by atoms with van der Waals surface area (Å²) in [4.78, 5) is 0. The highest BCUT2D eigenvalue weighted by atomic mass is 19.2. The molecule has 0 aromatic rings. The number of aliphatic hydroxyl groups excluding tert-OH is 4. The Bertz CT molecular complexity index is 339. The number of ether oxygens (including phenoxy) is 2. The van der Waals surface area contributed by atoms with Crippen LogP contribution in [0.25, 0.3) is 0 Å². The first-order valence-corrected chi connectivity index (χ1v) is 5.82. The lowest BCUT2D eigenvalue weighted by Crippen LogP contribution is -2.26. The van der Waals surface area contributed by atoms with Gasteiger partial charge in [-0.2, -0.15) is 0 Å². The molecule has 7 atom stereocenters. The first-order chi connectivity index (χ1) is 8.72. The zero-order chi connectivity index (χ0) is 14.4. The molecule has 2 heterocycles. The van der Waals surface area contributed by atoms with Crippen LogP contribution < -0.4 is 0 Å². The monoisotopic (exact) mass is 284 g/mol. The van der Waals surface area contributed by atoms with Crippen LogP contribution in [0, 0.1) is 0 Å². The molecule has 1 unspecified atom stereocenters. The summed E-state index contributed by atoms with van der Waals surface area (Å²) >= 11 is 0. The fourth-order valence-corrected chi connectivity index (χ4v) is 2.23. The molecule has 2 aliphatic heterocycles.